The number of esters is 1. The van der Waals surface area contributed by atoms with E-state index in [1.165, 1.54) is 7.11 Å². The maximum Gasteiger partial charge on any atom is 0.319 e. The maximum atomic E-state index is 13.0. The molecular weight excluding hydrogens is 240 g/mol. The molecular formula is C16H24O3. The zero-order chi connectivity index (χ0) is 14.0. The number of methoxy groups -OCH3 is 1. The Morgan fingerprint density at radius 2 is 2.05 bits per heavy atom. The third-order valence-electron chi connectivity index (χ3n) is 6.31. The van der Waals surface area contributed by atoms with Gasteiger partial charge in [0.15, 0.2) is 5.78 Å². The zero-order valence-electron chi connectivity index (χ0n) is 12.4. The lowest BCUT2D eigenvalue weighted by atomic mass is 9.49. The second-order valence-electron chi connectivity index (χ2n) is 7.48. The molecule has 4 aliphatic carbocycles. The number of carbonyl (C=O) groups is 2. The summed E-state index contributed by atoms with van der Waals surface area (Å²) in [6.45, 7) is 6.51. The van der Waals surface area contributed by atoms with Gasteiger partial charge < -0.3 is 4.74 Å². The predicted molar refractivity (Wildman–Crippen MR) is 71.3 cm³/mol. The average Bonchev–Trinajstić information content (AvgIpc) is 2.67. The molecule has 3 heteroatoms. The van der Waals surface area contributed by atoms with Gasteiger partial charge in [0.2, 0.25) is 0 Å². The summed E-state index contributed by atoms with van der Waals surface area (Å²) in [7, 11) is 1.42. The summed E-state index contributed by atoms with van der Waals surface area (Å²) in [6.07, 6.45) is 3.68. The summed E-state index contributed by atoms with van der Waals surface area (Å²) in [5.41, 5.74) is -1.09. The van der Waals surface area contributed by atoms with Crippen LogP contribution in [0.1, 0.15) is 46.5 Å². The molecule has 3 nitrogen and oxygen atoms in total. The molecule has 0 aromatic rings. The fourth-order valence-electron chi connectivity index (χ4n) is 5.43. The van der Waals surface area contributed by atoms with Gasteiger partial charge in [-0.1, -0.05) is 20.8 Å². The highest BCUT2D eigenvalue weighted by atomic mass is 16.5. The zero-order valence-corrected chi connectivity index (χ0v) is 12.4. The molecule has 0 heterocycles. The van der Waals surface area contributed by atoms with E-state index in [0.29, 0.717) is 17.8 Å². The molecule has 4 bridgehead atoms. The summed E-state index contributed by atoms with van der Waals surface area (Å²) in [4.78, 5) is 25.4. The molecule has 0 unspecified atom stereocenters. The first-order valence-corrected chi connectivity index (χ1v) is 7.50. The van der Waals surface area contributed by atoms with Crippen molar-refractivity contribution in [1.82, 2.24) is 0 Å². The van der Waals surface area contributed by atoms with Crippen molar-refractivity contribution in [3.63, 3.8) is 0 Å². The molecule has 0 aromatic carbocycles. The number of rotatable bonds is 2. The predicted octanol–water partition coefficient (Wildman–Crippen LogP) is 2.83. The summed E-state index contributed by atoms with van der Waals surface area (Å²) >= 11 is 0. The minimum absolute atomic E-state index is 0.183. The molecule has 0 aromatic heterocycles. The fraction of sp³-hybridized carbons (Fsp3) is 0.875. The maximum absolute atomic E-state index is 13.0. The number of fused-ring (bicyclic) bond motifs is 1. The first-order chi connectivity index (χ1) is 8.86. The quantitative estimate of drug-likeness (QED) is 0.569. The molecule has 4 saturated carbocycles. The van der Waals surface area contributed by atoms with Crippen LogP contribution in [0.3, 0.4) is 0 Å². The van der Waals surface area contributed by atoms with Crippen molar-refractivity contribution in [3.05, 3.63) is 0 Å². The molecule has 19 heavy (non-hydrogen) atoms. The SMILES string of the molecule is COC(=O)[C@@]12C[C@@H](C(C)C)[C@@H]3C[C@](C)(CC[C@@H]31)C2=O. The Hall–Kier alpha value is -0.860. The van der Waals surface area contributed by atoms with E-state index in [4.69, 9.17) is 4.74 Å². The Morgan fingerprint density at radius 3 is 2.63 bits per heavy atom. The van der Waals surface area contributed by atoms with Gasteiger partial charge in [0, 0.05) is 5.41 Å². The summed E-state index contributed by atoms with van der Waals surface area (Å²) in [5, 5.41) is 0. The lowest BCUT2D eigenvalue weighted by Crippen LogP contribution is -2.58. The summed E-state index contributed by atoms with van der Waals surface area (Å²) in [5.74, 6) is 1.73. The largest absolute Gasteiger partial charge is 0.468 e. The van der Waals surface area contributed by atoms with Crippen LogP contribution in [0.5, 0.6) is 0 Å². The Labute approximate surface area is 115 Å². The second kappa shape index (κ2) is 3.83. The standard InChI is InChI=1S/C16H24O3/c1-9(2)10-8-16(14(18)19-4)12-5-6-15(3,13(16)17)7-11(10)12/h9-12H,5-8H2,1-4H3/t10-,11-,12-,15-,16-/m0/s1. The van der Waals surface area contributed by atoms with Gasteiger partial charge in [0.05, 0.1) is 7.11 Å². The Bertz CT molecular complexity index is 441. The van der Waals surface area contributed by atoms with E-state index in [9.17, 15) is 9.59 Å². The van der Waals surface area contributed by atoms with Gasteiger partial charge in [-0.25, -0.2) is 0 Å². The van der Waals surface area contributed by atoms with Crippen LogP contribution in [0.15, 0.2) is 0 Å². The number of carbonyl (C=O) groups excluding carboxylic acids is 2. The third-order valence-corrected chi connectivity index (χ3v) is 6.31. The van der Waals surface area contributed by atoms with Crippen LogP contribution in [0, 0.1) is 34.5 Å². The molecule has 4 fully saturated rings. The van der Waals surface area contributed by atoms with E-state index in [1.807, 2.05) is 0 Å². The van der Waals surface area contributed by atoms with Gasteiger partial charge in [0.25, 0.3) is 0 Å². The normalized spacial score (nSPS) is 47.8. The van der Waals surface area contributed by atoms with Gasteiger partial charge in [-0.3, -0.25) is 9.59 Å². The van der Waals surface area contributed by atoms with Gasteiger partial charge in [-0.15, -0.1) is 0 Å². The van der Waals surface area contributed by atoms with Gasteiger partial charge >= 0.3 is 5.97 Å². The van der Waals surface area contributed by atoms with Crippen molar-refractivity contribution in [1.29, 1.82) is 0 Å². The third kappa shape index (κ3) is 1.39. The minimum atomic E-state index is -0.806. The van der Waals surface area contributed by atoms with Crippen molar-refractivity contribution < 1.29 is 14.3 Å². The van der Waals surface area contributed by atoms with Crippen molar-refractivity contribution in [2.75, 3.05) is 7.11 Å². The van der Waals surface area contributed by atoms with E-state index >= 15 is 0 Å². The monoisotopic (exact) mass is 264 g/mol. The molecule has 4 aliphatic rings. The first kappa shape index (κ1) is 13.1. The van der Waals surface area contributed by atoms with Crippen molar-refractivity contribution in [2.24, 2.45) is 34.5 Å². The van der Waals surface area contributed by atoms with E-state index in [0.717, 1.165) is 25.7 Å². The smallest absolute Gasteiger partial charge is 0.319 e. The van der Waals surface area contributed by atoms with Crippen LogP contribution in [-0.2, 0) is 14.3 Å². The minimum Gasteiger partial charge on any atom is -0.468 e. The second-order valence-corrected chi connectivity index (χ2v) is 7.48. The Morgan fingerprint density at radius 1 is 1.37 bits per heavy atom. The topological polar surface area (TPSA) is 43.4 Å². The van der Waals surface area contributed by atoms with Gasteiger partial charge in [-0.2, -0.15) is 0 Å². The number of Topliss-reactive ketones (excluding diaryl/α,β-unsaturated/α-hetero) is 1. The molecule has 0 saturated heterocycles. The Kier molecular flexibility index (Phi) is 2.65. The summed E-state index contributed by atoms with van der Waals surface area (Å²) in [6, 6.07) is 0. The fourth-order valence-corrected chi connectivity index (χ4v) is 5.43. The highest BCUT2D eigenvalue weighted by Gasteiger charge is 2.72. The van der Waals surface area contributed by atoms with Crippen molar-refractivity contribution >= 4 is 11.8 Å². The van der Waals surface area contributed by atoms with E-state index in [2.05, 4.69) is 20.8 Å². The molecule has 4 rings (SSSR count). The molecule has 5 atom stereocenters. The van der Waals surface area contributed by atoms with Crippen LogP contribution in [0.2, 0.25) is 0 Å². The van der Waals surface area contributed by atoms with Crippen LogP contribution >= 0.6 is 0 Å². The average molecular weight is 264 g/mol. The van der Waals surface area contributed by atoms with E-state index in [-0.39, 0.29) is 23.1 Å². The number of hydrogen-bond acceptors (Lipinski definition) is 3. The molecule has 0 radical (unpaired) electrons. The van der Waals surface area contributed by atoms with Crippen LogP contribution in [-0.4, -0.2) is 18.9 Å². The van der Waals surface area contributed by atoms with Crippen LogP contribution < -0.4 is 0 Å². The molecule has 0 N–H and O–H groups in total. The molecule has 106 valence electrons. The number of ketones is 1. The van der Waals surface area contributed by atoms with Crippen LogP contribution in [0.4, 0.5) is 0 Å². The van der Waals surface area contributed by atoms with Crippen molar-refractivity contribution in [2.45, 2.75) is 46.5 Å². The van der Waals surface area contributed by atoms with E-state index in [1.54, 1.807) is 0 Å². The first-order valence-electron chi connectivity index (χ1n) is 7.50. The lowest BCUT2D eigenvalue weighted by Gasteiger charge is -2.52. The van der Waals surface area contributed by atoms with Crippen molar-refractivity contribution in [3.8, 4) is 0 Å². The Balaban J connectivity index is 2.11. The van der Waals surface area contributed by atoms with Crippen LogP contribution in [0.25, 0.3) is 0 Å². The molecule has 0 aliphatic heterocycles. The van der Waals surface area contributed by atoms with Gasteiger partial charge in [0.1, 0.15) is 5.41 Å². The number of ether oxygens (including phenoxy) is 1. The molecule has 0 amide bonds. The molecule has 0 spiro atoms. The summed E-state index contributed by atoms with van der Waals surface area (Å²) < 4.78 is 5.05. The lowest BCUT2D eigenvalue weighted by molar-refractivity contribution is -0.175. The highest BCUT2D eigenvalue weighted by molar-refractivity contribution is 6.08. The highest BCUT2D eigenvalue weighted by Crippen LogP contribution is 2.68. The van der Waals surface area contributed by atoms with E-state index < -0.39 is 5.41 Å². The number of hydrogen-bond donors (Lipinski definition) is 0. The van der Waals surface area contributed by atoms with Gasteiger partial charge in [-0.05, 0) is 49.4 Å².